The number of nitrogens with zero attached hydrogens (tertiary/aromatic N) is 3. The quantitative estimate of drug-likeness (QED) is 0.591. The molecule has 7 nitrogen and oxygen atoms in total. The first-order valence-electron chi connectivity index (χ1n) is 11.6. The van der Waals surface area contributed by atoms with Crippen LogP contribution in [0.2, 0.25) is 0 Å². The van der Waals surface area contributed by atoms with Crippen LogP contribution < -0.4 is 15.8 Å². The summed E-state index contributed by atoms with van der Waals surface area (Å²) in [5.74, 6) is -0.441. The zero-order valence-corrected chi connectivity index (χ0v) is 19.4. The first-order chi connectivity index (χ1) is 16.5. The van der Waals surface area contributed by atoms with E-state index in [4.69, 9.17) is 0 Å². The average Bonchev–Trinajstić information content (AvgIpc) is 2.86. The molecule has 0 saturated carbocycles. The summed E-state index contributed by atoms with van der Waals surface area (Å²) >= 11 is 0. The Bertz CT molecular complexity index is 1200. The number of anilines is 1. The maximum absolute atomic E-state index is 12.8. The topological polar surface area (TPSA) is 74.7 Å². The minimum atomic E-state index is -0.453. The number of carbonyl (C=O) groups is 2. The largest absolute Gasteiger partial charge is 0.368 e. The summed E-state index contributed by atoms with van der Waals surface area (Å²) < 4.78 is 1.53. The molecule has 1 N–H and O–H groups in total. The molecule has 7 heteroatoms. The number of carbonyl (C=O) groups excluding carboxylic acids is 2. The molecule has 2 aromatic carbocycles. The van der Waals surface area contributed by atoms with Gasteiger partial charge in [0.15, 0.2) is 0 Å². The normalized spacial score (nSPS) is 13.6. The number of benzene rings is 2. The maximum Gasteiger partial charge on any atom is 0.263 e. The van der Waals surface area contributed by atoms with E-state index in [1.54, 1.807) is 12.3 Å². The number of aromatic nitrogens is 1. The molecule has 1 aliphatic heterocycles. The molecule has 0 radical (unpaired) electrons. The van der Waals surface area contributed by atoms with Crippen LogP contribution in [-0.4, -0.2) is 54.0 Å². The Labute approximate surface area is 199 Å². The second kappa shape index (κ2) is 10.8. The van der Waals surface area contributed by atoms with Crippen LogP contribution in [0.5, 0.6) is 0 Å². The number of pyridine rings is 1. The van der Waals surface area contributed by atoms with Gasteiger partial charge in [-0.05, 0) is 36.8 Å². The van der Waals surface area contributed by atoms with E-state index in [2.05, 4.69) is 22.3 Å². The van der Waals surface area contributed by atoms with Crippen LogP contribution in [0.15, 0.2) is 77.7 Å². The summed E-state index contributed by atoms with van der Waals surface area (Å²) in [6, 6.07) is 21.3. The van der Waals surface area contributed by atoms with Crippen LogP contribution in [0.25, 0.3) is 0 Å². The lowest BCUT2D eigenvalue weighted by molar-refractivity contribution is -0.131. The van der Waals surface area contributed by atoms with Gasteiger partial charge in [0.1, 0.15) is 5.56 Å². The molecule has 0 bridgehead atoms. The lowest BCUT2D eigenvalue weighted by Gasteiger charge is -2.36. The third-order valence-corrected chi connectivity index (χ3v) is 6.08. The Morgan fingerprint density at radius 3 is 2.41 bits per heavy atom. The highest BCUT2D eigenvalue weighted by Crippen LogP contribution is 2.15. The van der Waals surface area contributed by atoms with Crippen molar-refractivity contribution < 1.29 is 9.59 Å². The van der Waals surface area contributed by atoms with Crippen molar-refractivity contribution in [3.63, 3.8) is 0 Å². The highest BCUT2D eigenvalue weighted by Gasteiger charge is 2.21. The second-order valence-corrected chi connectivity index (χ2v) is 8.55. The van der Waals surface area contributed by atoms with Gasteiger partial charge in [0.25, 0.3) is 11.5 Å². The summed E-state index contributed by atoms with van der Waals surface area (Å²) in [6.07, 6.45) is 1.89. The minimum absolute atomic E-state index is 0.0120. The van der Waals surface area contributed by atoms with Gasteiger partial charge in [0, 0.05) is 51.0 Å². The van der Waals surface area contributed by atoms with E-state index >= 15 is 0 Å². The Morgan fingerprint density at radius 2 is 1.68 bits per heavy atom. The third-order valence-electron chi connectivity index (χ3n) is 6.08. The van der Waals surface area contributed by atoms with E-state index in [0.29, 0.717) is 19.6 Å². The molecule has 176 valence electrons. The van der Waals surface area contributed by atoms with E-state index in [0.717, 1.165) is 29.9 Å². The molecule has 1 saturated heterocycles. The number of hydrogen-bond acceptors (Lipinski definition) is 4. The fourth-order valence-electron chi connectivity index (χ4n) is 4.23. The van der Waals surface area contributed by atoms with E-state index in [9.17, 15) is 14.4 Å². The van der Waals surface area contributed by atoms with Crippen molar-refractivity contribution in [1.29, 1.82) is 0 Å². The van der Waals surface area contributed by atoms with Gasteiger partial charge in [0.2, 0.25) is 5.91 Å². The van der Waals surface area contributed by atoms with Gasteiger partial charge in [-0.15, -0.1) is 0 Å². The number of piperazine rings is 1. The number of amides is 2. The Hall–Kier alpha value is -3.87. The summed E-state index contributed by atoms with van der Waals surface area (Å²) in [6.45, 7) is 5.48. The number of nitrogens with one attached hydrogen (secondary N) is 1. The van der Waals surface area contributed by atoms with Gasteiger partial charge < -0.3 is 19.7 Å². The first kappa shape index (κ1) is 23.3. The molecule has 0 atom stereocenters. The molecule has 0 spiro atoms. The zero-order valence-electron chi connectivity index (χ0n) is 19.4. The van der Waals surface area contributed by atoms with Gasteiger partial charge >= 0.3 is 0 Å². The summed E-state index contributed by atoms with van der Waals surface area (Å²) in [5.41, 5.74) is 3.02. The molecule has 3 aromatic rings. The van der Waals surface area contributed by atoms with Crippen LogP contribution in [0.3, 0.4) is 0 Å². The highest BCUT2D eigenvalue weighted by molar-refractivity contribution is 5.94. The predicted octanol–water partition coefficient (Wildman–Crippen LogP) is 2.67. The highest BCUT2D eigenvalue weighted by atomic mass is 16.2. The Kier molecular flexibility index (Phi) is 7.42. The van der Waals surface area contributed by atoms with E-state index in [-0.39, 0.29) is 30.0 Å². The van der Waals surface area contributed by atoms with Crippen molar-refractivity contribution in [2.75, 3.05) is 37.6 Å². The second-order valence-electron chi connectivity index (χ2n) is 8.55. The lowest BCUT2D eigenvalue weighted by Crippen LogP contribution is -2.49. The zero-order chi connectivity index (χ0) is 23.9. The number of aryl methyl sites for hydroxylation is 1. The summed E-state index contributed by atoms with van der Waals surface area (Å²) in [7, 11) is 0. The fourth-order valence-corrected chi connectivity index (χ4v) is 4.23. The molecule has 1 aromatic heterocycles. The number of hydrogen-bond donors (Lipinski definition) is 1. The van der Waals surface area contributed by atoms with Crippen molar-refractivity contribution in [1.82, 2.24) is 14.8 Å². The third kappa shape index (κ3) is 5.73. The van der Waals surface area contributed by atoms with Crippen molar-refractivity contribution in [2.45, 2.75) is 19.9 Å². The van der Waals surface area contributed by atoms with E-state index < -0.39 is 5.91 Å². The van der Waals surface area contributed by atoms with Crippen molar-refractivity contribution in [2.24, 2.45) is 0 Å². The van der Waals surface area contributed by atoms with E-state index in [1.807, 2.05) is 54.3 Å². The SMILES string of the molecule is Cc1cccc(Cn2cccc(C(=O)NCCC(=O)N3CCN(c4ccccc4)CC3)c2=O)c1. The van der Waals surface area contributed by atoms with Crippen molar-refractivity contribution in [3.05, 3.63) is 100.0 Å². The summed E-state index contributed by atoms with van der Waals surface area (Å²) in [5, 5.41) is 2.73. The molecule has 2 amide bonds. The lowest BCUT2D eigenvalue weighted by atomic mass is 10.1. The van der Waals surface area contributed by atoms with Gasteiger partial charge in [0.05, 0.1) is 6.54 Å². The smallest absolute Gasteiger partial charge is 0.263 e. The fraction of sp³-hybridized carbons (Fsp3) is 0.296. The molecule has 34 heavy (non-hydrogen) atoms. The van der Waals surface area contributed by atoms with Crippen LogP contribution in [0.1, 0.15) is 27.9 Å². The molecule has 1 aliphatic rings. The van der Waals surface area contributed by atoms with Crippen LogP contribution >= 0.6 is 0 Å². The van der Waals surface area contributed by atoms with Crippen LogP contribution in [-0.2, 0) is 11.3 Å². The number of rotatable bonds is 7. The van der Waals surface area contributed by atoms with Gasteiger partial charge in [-0.3, -0.25) is 14.4 Å². The van der Waals surface area contributed by atoms with Gasteiger partial charge in [-0.1, -0.05) is 48.0 Å². The molecular formula is C27H30N4O3. The molecule has 4 rings (SSSR count). The predicted molar refractivity (Wildman–Crippen MR) is 133 cm³/mol. The van der Waals surface area contributed by atoms with Crippen LogP contribution in [0.4, 0.5) is 5.69 Å². The monoisotopic (exact) mass is 458 g/mol. The molecule has 2 heterocycles. The van der Waals surface area contributed by atoms with E-state index in [1.165, 1.54) is 10.6 Å². The standard InChI is InChI=1S/C27H30N4O3/c1-21-7-5-8-22(19-21)20-31-14-6-11-24(27(31)34)26(33)28-13-12-25(32)30-17-15-29(16-18-30)23-9-3-2-4-10-23/h2-11,14,19H,12-13,15-18,20H2,1H3,(H,28,33). The Morgan fingerprint density at radius 1 is 0.912 bits per heavy atom. The minimum Gasteiger partial charge on any atom is -0.368 e. The van der Waals surface area contributed by atoms with Gasteiger partial charge in [-0.2, -0.15) is 0 Å². The van der Waals surface area contributed by atoms with Gasteiger partial charge in [-0.25, -0.2) is 0 Å². The molecule has 1 fully saturated rings. The molecule has 0 unspecified atom stereocenters. The van der Waals surface area contributed by atoms with Crippen molar-refractivity contribution in [3.8, 4) is 0 Å². The van der Waals surface area contributed by atoms with Crippen LogP contribution in [0, 0.1) is 6.92 Å². The summed E-state index contributed by atoms with van der Waals surface area (Å²) in [4.78, 5) is 42.1. The Balaban J connectivity index is 1.27. The average molecular weight is 459 g/mol. The molecule has 0 aliphatic carbocycles. The maximum atomic E-state index is 12.8. The van der Waals surface area contributed by atoms with Crippen molar-refractivity contribution >= 4 is 17.5 Å². The first-order valence-corrected chi connectivity index (χ1v) is 11.6. The molecular weight excluding hydrogens is 428 g/mol. The number of para-hydroxylation sites is 1.